The Kier molecular flexibility index (Phi) is 8.02. The minimum atomic E-state index is -0.177. The summed E-state index contributed by atoms with van der Waals surface area (Å²) in [6.45, 7) is 7.46. The lowest BCUT2D eigenvalue weighted by Crippen LogP contribution is -2.27. The number of benzene rings is 1. The number of amides is 1. The fourth-order valence-electron chi connectivity index (χ4n) is 3.64. The summed E-state index contributed by atoms with van der Waals surface area (Å²) in [7, 11) is 2.19. The maximum absolute atomic E-state index is 12.8. The molecule has 3 rings (SSSR count). The highest BCUT2D eigenvalue weighted by Crippen LogP contribution is 2.19. The molecule has 1 aromatic heterocycles. The lowest BCUT2D eigenvalue weighted by molar-refractivity contribution is 0.0951. The van der Waals surface area contributed by atoms with Gasteiger partial charge in [-0.2, -0.15) is 4.98 Å². The third-order valence-electron chi connectivity index (χ3n) is 5.44. The van der Waals surface area contributed by atoms with Crippen LogP contribution in [0.2, 0.25) is 0 Å². The number of rotatable bonds is 10. The molecule has 2 heterocycles. The van der Waals surface area contributed by atoms with Crippen LogP contribution in [0.1, 0.15) is 49.0 Å². The van der Waals surface area contributed by atoms with Gasteiger partial charge < -0.3 is 20.9 Å². The molecule has 0 aliphatic carbocycles. The van der Waals surface area contributed by atoms with Crippen molar-refractivity contribution in [1.29, 1.82) is 0 Å². The summed E-state index contributed by atoms with van der Waals surface area (Å²) < 4.78 is 0. The Hall–Kier alpha value is -2.67. The zero-order chi connectivity index (χ0) is 21.3. The van der Waals surface area contributed by atoms with Crippen LogP contribution < -0.4 is 16.0 Å². The van der Waals surface area contributed by atoms with Crippen molar-refractivity contribution in [2.75, 3.05) is 37.3 Å². The molecule has 1 fully saturated rings. The van der Waals surface area contributed by atoms with Crippen LogP contribution in [0.25, 0.3) is 0 Å². The van der Waals surface area contributed by atoms with Gasteiger partial charge in [-0.1, -0.05) is 44.2 Å². The van der Waals surface area contributed by atoms with Crippen molar-refractivity contribution >= 4 is 17.7 Å². The topological polar surface area (TPSA) is 82.2 Å². The van der Waals surface area contributed by atoms with E-state index >= 15 is 0 Å². The van der Waals surface area contributed by atoms with Crippen LogP contribution in [-0.2, 0) is 6.54 Å². The lowest BCUT2D eigenvalue weighted by atomic mass is 10.1. The van der Waals surface area contributed by atoms with E-state index in [4.69, 9.17) is 0 Å². The predicted molar refractivity (Wildman–Crippen MR) is 122 cm³/mol. The van der Waals surface area contributed by atoms with Crippen molar-refractivity contribution in [1.82, 2.24) is 20.2 Å². The summed E-state index contributed by atoms with van der Waals surface area (Å²) in [6, 6.07) is 10.5. The smallest absolute Gasteiger partial charge is 0.256 e. The van der Waals surface area contributed by atoms with Crippen molar-refractivity contribution in [3.05, 3.63) is 47.7 Å². The quantitative estimate of drug-likeness (QED) is 0.557. The van der Waals surface area contributed by atoms with Crippen molar-refractivity contribution < 1.29 is 4.79 Å². The normalized spacial score (nSPS) is 16.6. The average molecular weight is 411 g/mol. The predicted octanol–water partition coefficient (Wildman–Crippen LogP) is 3.37. The van der Waals surface area contributed by atoms with Crippen LogP contribution in [0.3, 0.4) is 0 Å². The molecule has 1 aromatic carbocycles. The van der Waals surface area contributed by atoms with E-state index in [1.807, 2.05) is 30.3 Å². The molecule has 3 N–H and O–H groups in total. The van der Waals surface area contributed by atoms with E-state index in [1.165, 1.54) is 19.4 Å². The second kappa shape index (κ2) is 10.9. The van der Waals surface area contributed by atoms with Crippen molar-refractivity contribution in [3.63, 3.8) is 0 Å². The summed E-state index contributed by atoms with van der Waals surface area (Å²) in [4.78, 5) is 24.2. The number of hydrogen-bond acceptors (Lipinski definition) is 6. The summed E-state index contributed by atoms with van der Waals surface area (Å²) in [6.07, 6.45) is 5.20. The number of likely N-dealkylation sites (tertiary alicyclic amines) is 1. The van der Waals surface area contributed by atoms with Gasteiger partial charge in [0.15, 0.2) is 0 Å². The van der Waals surface area contributed by atoms with Crippen LogP contribution in [0.4, 0.5) is 11.8 Å². The first-order chi connectivity index (χ1) is 14.5. The molecule has 2 aromatic rings. The second-order valence-corrected chi connectivity index (χ2v) is 8.39. The lowest BCUT2D eigenvalue weighted by Gasteiger charge is -2.19. The van der Waals surface area contributed by atoms with E-state index in [9.17, 15) is 4.79 Å². The highest BCUT2D eigenvalue weighted by Gasteiger charge is 2.20. The van der Waals surface area contributed by atoms with Crippen LogP contribution in [0.5, 0.6) is 0 Å². The number of carbonyl (C=O) groups is 1. The van der Waals surface area contributed by atoms with E-state index < -0.39 is 0 Å². The van der Waals surface area contributed by atoms with Gasteiger partial charge in [0.25, 0.3) is 5.91 Å². The van der Waals surface area contributed by atoms with Gasteiger partial charge >= 0.3 is 0 Å². The Balaban J connectivity index is 1.63. The Morgan fingerprint density at radius 2 is 2.03 bits per heavy atom. The number of nitrogens with one attached hydrogen (secondary N) is 3. The molecular weight excluding hydrogens is 376 g/mol. The molecule has 1 atom stereocenters. The molecule has 0 spiro atoms. The van der Waals surface area contributed by atoms with Crippen LogP contribution >= 0.6 is 0 Å². The number of aromatic nitrogens is 2. The molecule has 1 aliphatic rings. The monoisotopic (exact) mass is 410 g/mol. The first kappa shape index (κ1) is 22.0. The summed E-state index contributed by atoms with van der Waals surface area (Å²) >= 11 is 0. The highest BCUT2D eigenvalue weighted by atomic mass is 16.1. The van der Waals surface area contributed by atoms with Gasteiger partial charge in [0.05, 0.1) is 0 Å². The Morgan fingerprint density at radius 3 is 2.73 bits per heavy atom. The molecule has 7 nitrogen and oxygen atoms in total. The zero-order valence-electron chi connectivity index (χ0n) is 18.3. The van der Waals surface area contributed by atoms with Gasteiger partial charge in [-0.15, -0.1) is 0 Å². The molecule has 1 unspecified atom stereocenters. The fraction of sp³-hybridized carbons (Fsp3) is 0.522. The largest absolute Gasteiger partial charge is 0.369 e. The molecule has 30 heavy (non-hydrogen) atoms. The zero-order valence-corrected chi connectivity index (χ0v) is 18.3. The minimum absolute atomic E-state index is 0.177. The van der Waals surface area contributed by atoms with Crippen LogP contribution in [0.15, 0.2) is 36.5 Å². The molecule has 1 amide bonds. The van der Waals surface area contributed by atoms with Gasteiger partial charge in [-0.05, 0) is 44.3 Å². The standard InChI is InChI=1S/C23H34N6O/c1-17(2)14-25-21-20(22(30)26-15-18-8-5-4-6-9-18)16-27-23(28-21)24-12-11-19-10-7-13-29(19)3/h4-6,8-9,16-17,19H,7,10-15H2,1-3H3,(H,26,30)(H2,24,25,27,28). The van der Waals surface area contributed by atoms with Crippen molar-refractivity contribution in [3.8, 4) is 0 Å². The molecule has 1 aliphatic heterocycles. The minimum Gasteiger partial charge on any atom is -0.369 e. The van der Waals surface area contributed by atoms with E-state index in [-0.39, 0.29) is 5.91 Å². The number of nitrogens with zero attached hydrogens (tertiary/aromatic N) is 3. The first-order valence-electron chi connectivity index (χ1n) is 10.9. The van der Waals surface area contributed by atoms with E-state index in [1.54, 1.807) is 6.20 Å². The summed E-state index contributed by atoms with van der Waals surface area (Å²) in [5.41, 5.74) is 1.52. The Labute approximate surface area is 179 Å². The van der Waals surface area contributed by atoms with E-state index in [0.29, 0.717) is 35.8 Å². The van der Waals surface area contributed by atoms with Crippen molar-refractivity contribution in [2.45, 2.75) is 45.7 Å². The number of carbonyl (C=O) groups excluding carboxylic acids is 1. The third kappa shape index (κ3) is 6.42. The molecule has 162 valence electrons. The maximum Gasteiger partial charge on any atom is 0.256 e. The Bertz CT molecular complexity index is 811. The van der Waals surface area contributed by atoms with Gasteiger partial charge in [-0.25, -0.2) is 4.98 Å². The van der Waals surface area contributed by atoms with Crippen LogP contribution in [0, 0.1) is 5.92 Å². The maximum atomic E-state index is 12.8. The molecule has 1 saturated heterocycles. The molecule has 7 heteroatoms. The summed E-state index contributed by atoms with van der Waals surface area (Å²) in [5, 5.41) is 9.60. The molecular formula is C23H34N6O. The number of hydrogen-bond donors (Lipinski definition) is 3. The Morgan fingerprint density at radius 1 is 1.23 bits per heavy atom. The second-order valence-electron chi connectivity index (χ2n) is 8.39. The van der Waals surface area contributed by atoms with E-state index in [0.717, 1.165) is 25.1 Å². The molecule has 0 bridgehead atoms. The summed E-state index contributed by atoms with van der Waals surface area (Å²) in [5.74, 6) is 1.39. The SMILES string of the molecule is CC(C)CNc1nc(NCCC2CCCN2C)ncc1C(=O)NCc1ccccc1. The number of anilines is 2. The molecule has 0 saturated carbocycles. The van der Waals surface area contributed by atoms with E-state index in [2.05, 4.69) is 51.7 Å². The van der Waals surface area contributed by atoms with Gasteiger partial charge in [0.2, 0.25) is 5.95 Å². The van der Waals surface area contributed by atoms with Crippen molar-refractivity contribution in [2.24, 2.45) is 5.92 Å². The fourth-order valence-corrected chi connectivity index (χ4v) is 3.64. The highest BCUT2D eigenvalue weighted by molar-refractivity contribution is 5.98. The van der Waals surface area contributed by atoms with Gasteiger partial charge in [0, 0.05) is 31.9 Å². The average Bonchev–Trinajstić information content (AvgIpc) is 3.16. The van der Waals surface area contributed by atoms with Crippen LogP contribution in [-0.4, -0.2) is 53.5 Å². The first-order valence-corrected chi connectivity index (χ1v) is 10.9. The molecule has 0 radical (unpaired) electrons. The van der Waals surface area contributed by atoms with Gasteiger partial charge in [-0.3, -0.25) is 4.79 Å². The third-order valence-corrected chi connectivity index (χ3v) is 5.44. The van der Waals surface area contributed by atoms with Gasteiger partial charge in [0.1, 0.15) is 11.4 Å².